The van der Waals surface area contributed by atoms with Crippen LogP contribution in [0, 0.1) is 5.82 Å². The molecule has 0 aliphatic rings. The van der Waals surface area contributed by atoms with Gasteiger partial charge in [0.1, 0.15) is 5.82 Å². The molecule has 0 saturated heterocycles. The van der Waals surface area contributed by atoms with Crippen molar-refractivity contribution in [1.29, 1.82) is 0 Å². The molecule has 0 fully saturated rings. The fourth-order valence-corrected chi connectivity index (χ4v) is 1.41. The summed E-state index contributed by atoms with van der Waals surface area (Å²) in [6, 6.07) is 2.16. The summed E-state index contributed by atoms with van der Waals surface area (Å²) < 4.78 is 17.9. The number of halogens is 3. The molecule has 0 amide bonds. The maximum absolute atomic E-state index is 13.0. The third-order valence-corrected chi connectivity index (χ3v) is 2.27. The monoisotopic (exact) mass is 250 g/mol. The van der Waals surface area contributed by atoms with Gasteiger partial charge in [0.15, 0.2) is 0 Å². The van der Waals surface area contributed by atoms with Gasteiger partial charge in [-0.05, 0) is 18.6 Å². The van der Waals surface area contributed by atoms with Crippen LogP contribution in [0.5, 0.6) is 0 Å². The Hall–Kier alpha value is -0.800. The largest absolute Gasteiger partial charge is 0.462 e. The molecule has 0 aromatic heterocycles. The van der Waals surface area contributed by atoms with Gasteiger partial charge >= 0.3 is 5.97 Å². The predicted octanol–water partition coefficient (Wildman–Crippen LogP) is 3.70. The van der Waals surface area contributed by atoms with Crippen LogP contribution in [0.2, 0.25) is 10.0 Å². The second-order valence-corrected chi connectivity index (χ2v) is 3.70. The van der Waals surface area contributed by atoms with E-state index in [2.05, 4.69) is 0 Å². The molecule has 82 valence electrons. The highest BCUT2D eigenvalue weighted by molar-refractivity contribution is 6.36. The van der Waals surface area contributed by atoms with Crippen molar-refractivity contribution in [3.8, 4) is 0 Å². The topological polar surface area (TPSA) is 26.3 Å². The van der Waals surface area contributed by atoms with E-state index in [-0.39, 0.29) is 22.2 Å². The van der Waals surface area contributed by atoms with Crippen LogP contribution in [0.25, 0.3) is 0 Å². The minimum absolute atomic E-state index is 0.00739. The van der Waals surface area contributed by atoms with Crippen LogP contribution >= 0.6 is 23.2 Å². The van der Waals surface area contributed by atoms with Crippen molar-refractivity contribution in [1.82, 2.24) is 0 Å². The van der Waals surface area contributed by atoms with Crippen molar-refractivity contribution in [2.45, 2.75) is 13.3 Å². The zero-order valence-corrected chi connectivity index (χ0v) is 9.53. The van der Waals surface area contributed by atoms with Crippen molar-refractivity contribution in [2.75, 3.05) is 6.61 Å². The van der Waals surface area contributed by atoms with Gasteiger partial charge in [-0.2, -0.15) is 0 Å². The first-order valence-electron chi connectivity index (χ1n) is 4.38. The summed E-state index contributed by atoms with van der Waals surface area (Å²) in [4.78, 5) is 11.4. The Labute approximate surface area is 96.9 Å². The first kappa shape index (κ1) is 12.3. The number of esters is 1. The highest BCUT2D eigenvalue weighted by atomic mass is 35.5. The Morgan fingerprint density at radius 2 is 2.07 bits per heavy atom. The van der Waals surface area contributed by atoms with Crippen LogP contribution in [-0.2, 0) is 4.74 Å². The molecule has 1 aromatic rings. The van der Waals surface area contributed by atoms with Crippen molar-refractivity contribution >= 4 is 29.2 Å². The standard InChI is InChI=1S/C10H9Cl2FO2/c1-2-3-15-10(14)6-4-9(13)8(12)5-7(6)11/h4-5H,2-3H2,1H3. The van der Waals surface area contributed by atoms with Crippen molar-refractivity contribution in [3.63, 3.8) is 0 Å². The van der Waals surface area contributed by atoms with Gasteiger partial charge < -0.3 is 4.74 Å². The molecule has 0 bridgehead atoms. The number of hydrogen-bond donors (Lipinski definition) is 0. The smallest absolute Gasteiger partial charge is 0.339 e. The van der Waals surface area contributed by atoms with Gasteiger partial charge in [0.25, 0.3) is 0 Å². The number of ether oxygens (including phenoxy) is 1. The second-order valence-electron chi connectivity index (χ2n) is 2.88. The first-order valence-corrected chi connectivity index (χ1v) is 5.13. The van der Waals surface area contributed by atoms with E-state index in [1.807, 2.05) is 6.92 Å². The Morgan fingerprint density at radius 3 is 2.67 bits per heavy atom. The molecule has 0 aliphatic heterocycles. The molecule has 0 saturated carbocycles. The lowest BCUT2D eigenvalue weighted by atomic mass is 10.2. The summed E-state index contributed by atoms with van der Waals surface area (Å²) in [5, 5.41) is -0.0328. The van der Waals surface area contributed by atoms with Gasteiger partial charge in [0, 0.05) is 0 Å². The van der Waals surface area contributed by atoms with E-state index in [0.717, 1.165) is 6.07 Å². The first-order chi connectivity index (χ1) is 7.06. The highest BCUT2D eigenvalue weighted by Crippen LogP contribution is 2.24. The highest BCUT2D eigenvalue weighted by Gasteiger charge is 2.14. The third kappa shape index (κ3) is 3.08. The van der Waals surface area contributed by atoms with Gasteiger partial charge in [-0.3, -0.25) is 0 Å². The predicted molar refractivity (Wildman–Crippen MR) is 57.0 cm³/mol. The lowest BCUT2D eigenvalue weighted by Gasteiger charge is -2.05. The van der Waals surface area contributed by atoms with E-state index in [1.165, 1.54) is 6.07 Å². The van der Waals surface area contributed by atoms with Crippen molar-refractivity contribution in [2.24, 2.45) is 0 Å². The Balaban J connectivity index is 2.94. The Bertz CT molecular complexity index is 380. The second kappa shape index (κ2) is 5.33. The number of carbonyl (C=O) groups excluding carboxylic acids is 1. The van der Waals surface area contributed by atoms with Gasteiger partial charge in [0.05, 0.1) is 22.2 Å². The molecule has 1 rings (SSSR count). The minimum Gasteiger partial charge on any atom is -0.462 e. The molecule has 0 radical (unpaired) electrons. The molecule has 1 aromatic carbocycles. The van der Waals surface area contributed by atoms with E-state index in [4.69, 9.17) is 27.9 Å². The molecule has 0 N–H and O–H groups in total. The molecule has 0 aliphatic carbocycles. The fraction of sp³-hybridized carbons (Fsp3) is 0.300. The zero-order chi connectivity index (χ0) is 11.4. The van der Waals surface area contributed by atoms with Gasteiger partial charge in [0.2, 0.25) is 0 Å². The maximum Gasteiger partial charge on any atom is 0.339 e. The van der Waals surface area contributed by atoms with E-state index >= 15 is 0 Å². The van der Waals surface area contributed by atoms with E-state index < -0.39 is 11.8 Å². The third-order valence-electron chi connectivity index (χ3n) is 1.67. The van der Waals surface area contributed by atoms with E-state index in [1.54, 1.807) is 0 Å². The van der Waals surface area contributed by atoms with Crippen molar-refractivity contribution in [3.05, 3.63) is 33.6 Å². The van der Waals surface area contributed by atoms with Crippen LogP contribution in [-0.4, -0.2) is 12.6 Å². The molecule has 5 heteroatoms. The SMILES string of the molecule is CCCOC(=O)c1cc(F)c(Cl)cc1Cl. The van der Waals surface area contributed by atoms with Gasteiger partial charge in [-0.15, -0.1) is 0 Å². The maximum atomic E-state index is 13.0. The van der Waals surface area contributed by atoms with Crippen LogP contribution in [0.3, 0.4) is 0 Å². The molecular formula is C10H9Cl2FO2. The van der Waals surface area contributed by atoms with E-state index in [0.29, 0.717) is 6.42 Å². The zero-order valence-electron chi connectivity index (χ0n) is 8.02. The van der Waals surface area contributed by atoms with E-state index in [9.17, 15) is 9.18 Å². The number of hydrogen-bond acceptors (Lipinski definition) is 2. The number of rotatable bonds is 3. The van der Waals surface area contributed by atoms with Crippen LogP contribution in [0.15, 0.2) is 12.1 Å². The summed E-state index contributed by atoms with van der Waals surface area (Å²) in [5.74, 6) is -1.33. The summed E-state index contributed by atoms with van der Waals surface area (Å²) in [6.07, 6.45) is 0.694. The van der Waals surface area contributed by atoms with Gasteiger partial charge in [-0.1, -0.05) is 30.1 Å². The van der Waals surface area contributed by atoms with Gasteiger partial charge in [-0.25, -0.2) is 9.18 Å². The van der Waals surface area contributed by atoms with Crippen LogP contribution < -0.4 is 0 Å². The lowest BCUT2D eigenvalue weighted by molar-refractivity contribution is 0.0505. The fourth-order valence-electron chi connectivity index (χ4n) is 0.952. The van der Waals surface area contributed by atoms with Crippen LogP contribution in [0.4, 0.5) is 4.39 Å². The Kier molecular flexibility index (Phi) is 4.36. The number of carbonyl (C=O) groups is 1. The normalized spacial score (nSPS) is 10.1. The summed E-state index contributed by atoms with van der Waals surface area (Å²) in [7, 11) is 0. The van der Waals surface area contributed by atoms with Crippen molar-refractivity contribution < 1.29 is 13.9 Å². The summed E-state index contributed by atoms with van der Waals surface area (Å²) in [6.45, 7) is 2.14. The minimum atomic E-state index is -0.690. The summed E-state index contributed by atoms with van der Waals surface area (Å²) >= 11 is 11.2. The van der Waals surface area contributed by atoms with Crippen LogP contribution in [0.1, 0.15) is 23.7 Å². The molecule has 0 spiro atoms. The molecule has 15 heavy (non-hydrogen) atoms. The molecule has 0 atom stereocenters. The molecule has 2 nitrogen and oxygen atoms in total. The average Bonchev–Trinajstić information content (AvgIpc) is 2.20. The molecular weight excluding hydrogens is 242 g/mol. The molecule has 0 heterocycles. The average molecular weight is 251 g/mol. The Morgan fingerprint density at radius 1 is 1.40 bits per heavy atom. The quantitative estimate of drug-likeness (QED) is 0.604. The molecule has 0 unspecified atom stereocenters. The summed E-state index contributed by atoms with van der Waals surface area (Å²) in [5.41, 5.74) is -0.00739. The number of benzene rings is 1. The lowest BCUT2D eigenvalue weighted by Crippen LogP contribution is -2.07.